The van der Waals surface area contributed by atoms with Gasteiger partial charge in [0.1, 0.15) is 12.1 Å². The predicted molar refractivity (Wildman–Crippen MR) is 121 cm³/mol. The predicted octanol–water partition coefficient (Wildman–Crippen LogP) is 5.01. The summed E-state index contributed by atoms with van der Waals surface area (Å²) in [5.74, 6) is 0.979. The third-order valence-electron chi connectivity index (χ3n) is 5.65. The Morgan fingerprint density at radius 2 is 1.70 bits per heavy atom. The van der Waals surface area contributed by atoms with Gasteiger partial charge in [0, 0.05) is 30.5 Å². The zero-order valence-electron chi connectivity index (χ0n) is 17.6. The Morgan fingerprint density at radius 1 is 0.933 bits per heavy atom. The van der Waals surface area contributed by atoms with Crippen LogP contribution < -0.4 is 4.90 Å². The van der Waals surface area contributed by atoms with Crippen molar-refractivity contribution >= 4 is 16.9 Å². The third kappa shape index (κ3) is 3.35. The Bertz CT molecular complexity index is 1170. The van der Waals surface area contributed by atoms with Crippen LogP contribution in [0.25, 0.3) is 27.8 Å². The standard InChI is InChI=1S/C25H26N4O/c1-17-8-7-11-21(12-17)29-15-22(20-9-5-4-6-10-20)23-24(26-16-27-25(23)29)28-13-18(2)30-19(3)14-28/h4-12,15-16,18-19H,13-14H2,1-3H3/t18-,19+. The average molecular weight is 399 g/mol. The summed E-state index contributed by atoms with van der Waals surface area (Å²) in [6.45, 7) is 8.00. The molecule has 1 aliphatic heterocycles. The van der Waals surface area contributed by atoms with Crippen molar-refractivity contribution in [1.29, 1.82) is 0 Å². The van der Waals surface area contributed by atoms with E-state index in [1.54, 1.807) is 6.33 Å². The minimum absolute atomic E-state index is 0.165. The molecule has 2 aromatic carbocycles. The van der Waals surface area contributed by atoms with Crippen LogP contribution in [-0.2, 0) is 4.74 Å². The number of anilines is 1. The Labute approximate surface area is 177 Å². The van der Waals surface area contributed by atoms with E-state index in [0.717, 1.165) is 41.2 Å². The van der Waals surface area contributed by atoms with E-state index in [2.05, 4.69) is 85.0 Å². The summed E-state index contributed by atoms with van der Waals surface area (Å²) >= 11 is 0. The second kappa shape index (κ2) is 7.58. The van der Waals surface area contributed by atoms with Gasteiger partial charge in [0.2, 0.25) is 0 Å². The fraction of sp³-hybridized carbons (Fsp3) is 0.280. The summed E-state index contributed by atoms with van der Waals surface area (Å²) in [7, 11) is 0. The number of aryl methyl sites for hydroxylation is 1. The first kappa shape index (κ1) is 18.8. The summed E-state index contributed by atoms with van der Waals surface area (Å²) in [6, 6.07) is 19.0. The van der Waals surface area contributed by atoms with Crippen LogP contribution in [-0.4, -0.2) is 39.8 Å². The van der Waals surface area contributed by atoms with Crippen molar-refractivity contribution in [2.45, 2.75) is 33.0 Å². The van der Waals surface area contributed by atoms with Gasteiger partial charge < -0.3 is 14.2 Å². The lowest BCUT2D eigenvalue weighted by Crippen LogP contribution is -2.46. The van der Waals surface area contributed by atoms with Gasteiger partial charge in [-0.05, 0) is 44.0 Å². The molecule has 0 radical (unpaired) electrons. The molecule has 30 heavy (non-hydrogen) atoms. The Hall–Kier alpha value is -3.18. The maximum absolute atomic E-state index is 5.96. The van der Waals surface area contributed by atoms with E-state index in [1.807, 2.05) is 6.07 Å². The molecule has 5 rings (SSSR count). The highest BCUT2D eigenvalue weighted by Crippen LogP contribution is 2.37. The molecule has 5 heteroatoms. The van der Waals surface area contributed by atoms with Crippen LogP contribution in [0.1, 0.15) is 19.4 Å². The molecule has 3 heterocycles. The Morgan fingerprint density at radius 3 is 2.43 bits per heavy atom. The zero-order valence-corrected chi connectivity index (χ0v) is 17.6. The molecule has 152 valence electrons. The van der Waals surface area contributed by atoms with E-state index < -0.39 is 0 Å². The molecule has 1 fully saturated rings. The van der Waals surface area contributed by atoms with Crippen LogP contribution in [0.3, 0.4) is 0 Å². The molecule has 2 atom stereocenters. The lowest BCUT2D eigenvalue weighted by molar-refractivity contribution is -0.00537. The lowest BCUT2D eigenvalue weighted by Gasteiger charge is -2.36. The maximum atomic E-state index is 5.96. The second-order valence-electron chi connectivity index (χ2n) is 8.18. The van der Waals surface area contributed by atoms with E-state index in [1.165, 1.54) is 11.1 Å². The molecule has 5 nitrogen and oxygen atoms in total. The lowest BCUT2D eigenvalue weighted by atomic mass is 10.1. The van der Waals surface area contributed by atoms with Gasteiger partial charge in [0.15, 0.2) is 5.65 Å². The van der Waals surface area contributed by atoms with Crippen molar-refractivity contribution in [2.75, 3.05) is 18.0 Å². The Kier molecular flexibility index (Phi) is 4.75. The van der Waals surface area contributed by atoms with E-state index >= 15 is 0 Å². The molecule has 2 aromatic heterocycles. The molecule has 0 saturated carbocycles. The summed E-state index contributed by atoms with van der Waals surface area (Å²) in [5, 5.41) is 1.09. The highest BCUT2D eigenvalue weighted by atomic mass is 16.5. The van der Waals surface area contributed by atoms with Crippen LogP contribution in [0.5, 0.6) is 0 Å². The molecular formula is C25H26N4O. The molecule has 4 aromatic rings. The highest BCUT2D eigenvalue weighted by molar-refractivity contribution is 6.02. The highest BCUT2D eigenvalue weighted by Gasteiger charge is 2.27. The van der Waals surface area contributed by atoms with Crippen molar-refractivity contribution in [2.24, 2.45) is 0 Å². The van der Waals surface area contributed by atoms with Crippen LogP contribution in [0, 0.1) is 6.92 Å². The number of rotatable bonds is 3. The van der Waals surface area contributed by atoms with Gasteiger partial charge >= 0.3 is 0 Å². The van der Waals surface area contributed by atoms with Gasteiger partial charge in [0.05, 0.1) is 17.6 Å². The molecule has 0 bridgehead atoms. The molecule has 0 spiro atoms. The zero-order chi connectivity index (χ0) is 20.7. The molecule has 0 N–H and O–H groups in total. The van der Waals surface area contributed by atoms with E-state index in [9.17, 15) is 0 Å². The number of nitrogens with zero attached hydrogens (tertiary/aromatic N) is 4. The Balaban J connectivity index is 1.76. The van der Waals surface area contributed by atoms with E-state index in [4.69, 9.17) is 14.7 Å². The summed E-state index contributed by atoms with van der Waals surface area (Å²) < 4.78 is 8.15. The number of hydrogen-bond acceptors (Lipinski definition) is 4. The normalized spacial score (nSPS) is 19.4. The maximum Gasteiger partial charge on any atom is 0.150 e. The van der Waals surface area contributed by atoms with E-state index in [0.29, 0.717) is 0 Å². The summed E-state index contributed by atoms with van der Waals surface area (Å²) in [5.41, 5.74) is 5.57. The summed E-state index contributed by atoms with van der Waals surface area (Å²) in [6.07, 6.45) is 4.21. The smallest absolute Gasteiger partial charge is 0.150 e. The monoisotopic (exact) mass is 398 g/mol. The van der Waals surface area contributed by atoms with Crippen LogP contribution in [0.15, 0.2) is 67.1 Å². The minimum atomic E-state index is 0.165. The van der Waals surface area contributed by atoms with Crippen molar-refractivity contribution in [3.05, 3.63) is 72.7 Å². The van der Waals surface area contributed by atoms with Crippen molar-refractivity contribution in [3.8, 4) is 16.8 Å². The number of benzene rings is 2. The fourth-order valence-electron chi connectivity index (χ4n) is 4.45. The molecule has 0 unspecified atom stereocenters. The first-order valence-corrected chi connectivity index (χ1v) is 10.5. The fourth-order valence-corrected chi connectivity index (χ4v) is 4.45. The van der Waals surface area contributed by atoms with Crippen LogP contribution in [0.4, 0.5) is 5.82 Å². The summed E-state index contributed by atoms with van der Waals surface area (Å²) in [4.78, 5) is 11.8. The van der Waals surface area contributed by atoms with Gasteiger partial charge in [-0.25, -0.2) is 9.97 Å². The molecule has 0 amide bonds. The molecule has 0 aliphatic carbocycles. The second-order valence-corrected chi connectivity index (χ2v) is 8.18. The largest absolute Gasteiger partial charge is 0.372 e. The third-order valence-corrected chi connectivity index (χ3v) is 5.65. The van der Waals surface area contributed by atoms with Gasteiger partial charge in [-0.3, -0.25) is 0 Å². The molecule has 1 saturated heterocycles. The molecule has 1 aliphatic rings. The molecular weight excluding hydrogens is 372 g/mol. The number of ether oxygens (including phenoxy) is 1. The van der Waals surface area contributed by atoms with Crippen molar-refractivity contribution in [3.63, 3.8) is 0 Å². The van der Waals surface area contributed by atoms with Gasteiger partial charge in [0.25, 0.3) is 0 Å². The first-order valence-electron chi connectivity index (χ1n) is 10.5. The van der Waals surface area contributed by atoms with Crippen LogP contribution >= 0.6 is 0 Å². The van der Waals surface area contributed by atoms with E-state index in [-0.39, 0.29) is 12.2 Å². The number of aromatic nitrogens is 3. The van der Waals surface area contributed by atoms with Crippen LogP contribution in [0.2, 0.25) is 0 Å². The topological polar surface area (TPSA) is 43.2 Å². The number of hydrogen-bond donors (Lipinski definition) is 0. The first-order chi connectivity index (χ1) is 14.6. The van der Waals surface area contributed by atoms with Gasteiger partial charge in [-0.1, -0.05) is 42.5 Å². The number of fused-ring (bicyclic) bond motifs is 1. The SMILES string of the molecule is Cc1cccc(-n2cc(-c3ccccc3)c3c(N4C[C@@H](C)O[C@@H](C)C4)ncnc32)c1. The minimum Gasteiger partial charge on any atom is -0.372 e. The average Bonchev–Trinajstić information content (AvgIpc) is 3.13. The van der Waals surface area contributed by atoms with Crippen molar-refractivity contribution in [1.82, 2.24) is 14.5 Å². The van der Waals surface area contributed by atoms with Gasteiger partial charge in [-0.2, -0.15) is 0 Å². The van der Waals surface area contributed by atoms with Gasteiger partial charge in [-0.15, -0.1) is 0 Å². The van der Waals surface area contributed by atoms with Crippen molar-refractivity contribution < 1.29 is 4.74 Å². The number of morpholine rings is 1. The quantitative estimate of drug-likeness (QED) is 0.487.